The highest BCUT2D eigenvalue weighted by Crippen LogP contribution is 2.29. The molecule has 0 aromatic carbocycles. The molecule has 2 fully saturated rings. The summed E-state index contributed by atoms with van der Waals surface area (Å²) in [5.74, 6) is 0. The van der Waals surface area contributed by atoms with Gasteiger partial charge in [0.15, 0.2) is 0 Å². The molecule has 2 aliphatic rings. The molecular formula is C15H26N4. The van der Waals surface area contributed by atoms with Crippen molar-refractivity contribution in [3.8, 4) is 0 Å². The predicted molar refractivity (Wildman–Crippen MR) is 77.1 cm³/mol. The van der Waals surface area contributed by atoms with E-state index in [1.165, 1.54) is 44.5 Å². The van der Waals surface area contributed by atoms with Crippen molar-refractivity contribution in [2.75, 3.05) is 13.1 Å². The van der Waals surface area contributed by atoms with Gasteiger partial charge in [0, 0.05) is 31.7 Å². The Morgan fingerprint density at radius 1 is 1.42 bits per heavy atom. The van der Waals surface area contributed by atoms with Gasteiger partial charge in [-0.25, -0.2) is 0 Å². The zero-order chi connectivity index (χ0) is 13.2. The van der Waals surface area contributed by atoms with E-state index < -0.39 is 0 Å². The van der Waals surface area contributed by atoms with Gasteiger partial charge in [-0.3, -0.25) is 9.58 Å². The molecule has 1 saturated carbocycles. The standard InChI is InChI=1S/C15H26N4/c1-3-19-15(9-12(2)17-19)11-18(14-6-7-14)10-13-5-4-8-16-13/h9,13-14,16H,3-8,10-11H2,1-2H3. The lowest BCUT2D eigenvalue weighted by Gasteiger charge is -2.25. The van der Waals surface area contributed by atoms with Gasteiger partial charge in [0.2, 0.25) is 0 Å². The fourth-order valence-electron chi connectivity index (χ4n) is 3.19. The Balaban J connectivity index is 1.66. The molecule has 1 aromatic rings. The second kappa shape index (κ2) is 5.63. The highest BCUT2D eigenvalue weighted by atomic mass is 15.3. The number of hydrogen-bond donors (Lipinski definition) is 1. The molecule has 0 bridgehead atoms. The van der Waals surface area contributed by atoms with Gasteiger partial charge in [0.05, 0.1) is 11.4 Å². The van der Waals surface area contributed by atoms with E-state index in [-0.39, 0.29) is 0 Å². The van der Waals surface area contributed by atoms with Crippen molar-refractivity contribution in [1.29, 1.82) is 0 Å². The summed E-state index contributed by atoms with van der Waals surface area (Å²) in [4.78, 5) is 2.67. The molecule has 4 nitrogen and oxygen atoms in total. The molecule has 0 amide bonds. The number of aryl methyl sites for hydroxylation is 2. The number of rotatable bonds is 6. The second-order valence-corrected chi connectivity index (χ2v) is 6.05. The fraction of sp³-hybridized carbons (Fsp3) is 0.800. The Morgan fingerprint density at radius 2 is 2.26 bits per heavy atom. The van der Waals surface area contributed by atoms with Crippen LogP contribution in [0.3, 0.4) is 0 Å². The lowest BCUT2D eigenvalue weighted by molar-refractivity contribution is 0.224. The number of nitrogens with zero attached hydrogens (tertiary/aromatic N) is 3. The van der Waals surface area contributed by atoms with Crippen LogP contribution in [0, 0.1) is 6.92 Å². The van der Waals surface area contributed by atoms with Crippen LogP contribution in [0.4, 0.5) is 0 Å². The maximum Gasteiger partial charge on any atom is 0.0597 e. The van der Waals surface area contributed by atoms with Crippen LogP contribution in [0.15, 0.2) is 6.07 Å². The van der Waals surface area contributed by atoms with Gasteiger partial charge in [-0.1, -0.05) is 0 Å². The third-order valence-corrected chi connectivity index (χ3v) is 4.33. The minimum atomic E-state index is 0.708. The Morgan fingerprint density at radius 3 is 2.89 bits per heavy atom. The summed E-state index contributed by atoms with van der Waals surface area (Å²) >= 11 is 0. The van der Waals surface area contributed by atoms with Gasteiger partial charge in [0.1, 0.15) is 0 Å². The molecule has 0 spiro atoms. The van der Waals surface area contributed by atoms with Crippen molar-refractivity contribution in [3.63, 3.8) is 0 Å². The number of aromatic nitrogens is 2. The topological polar surface area (TPSA) is 33.1 Å². The van der Waals surface area contributed by atoms with E-state index in [0.717, 1.165) is 24.8 Å². The minimum absolute atomic E-state index is 0.708. The maximum atomic E-state index is 4.57. The molecule has 1 aliphatic carbocycles. The van der Waals surface area contributed by atoms with Crippen molar-refractivity contribution in [2.24, 2.45) is 0 Å². The van der Waals surface area contributed by atoms with E-state index in [0.29, 0.717) is 6.04 Å². The molecule has 0 radical (unpaired) electrons. The normalized spacial score (nSPS) is 23.4. The maximum absolute atomic E-state index is 4.57. The van der Waals surface area contributed by atoms with Crippen LogP contribution in [0.1, 0.15) is 44.0 Å². The molecule has 1 aliphatic heterocycles. The Bertz CT molecular complexity index is 416. The summed E-state index contributed by atoms with van der Waals surface area (Å²) in [5.41, 5.74) is 2.52. The summed E-state index contributed by atoms with van der Waals surface area (Å²) in [6.45, 7) is 8.72. The third-order valence-electron chi connectivity index (χ3n) is 4.33. The van der Waals surface area contributed by atoms with Gasteiger partial charge >= 0.3 is 0 Å². The first kappa shape index (κ1) is 13.1. The summed E-state index contributed by atoms with van der Waals surface area (Å²) in [6.07, 6.45) is 5.45. The Kier molecular flexibility index (Phi) is 3.89. The Labute approximate surface area is 116 Å². The number of hydrogen-bond acceptors (Lipinski definition) is 3. The zero-order valence-electron chi connectivity index (χ0n) is 12.2. The molecule has 2 heterocycles. The second-order valence-electron chi connectivity index (χ2n) is 6.05. The monoisotopic (exact) mass is 262 g/mol. The zero-order valence-corrected chi connectivity index (χ0v) is 12.2. The molecule has 1 aromatic heterocycles. The highest BCUT2D eigenvalue weighted by Gasteiger charge is 2.31. The molecule has 1 saturated heterocycles. The summed E-state index contributed by atoms with van der Waals surface area (Å²) in [6, 6.07) is 3.78. The summed E-state index contributed by atoms with van der Waals surface area (Å²) in [7, 11) is 0. The minimum Gasteiger partial charge on any atom is -0.313 e. The lowest BCUT2D eigenvalue weighted by Crippen LogP contribution is -2.38. The Hall–Kier alpha value is -0.870. The van der Waals surface area contributed by atoms with Crippen molar-refractivity contribution in [3.05, 3.63) is 17.5 Å². The summed E-state index contributed by atoms with van der Waals surface area (Å²) in [5, 5.41) is 8.19. The number of nitrogens with one attached hydrogen (secondary N) is 1. The quantitative estimate of drug-likeness (QED) is 0.850. The van der Waals surface area contributed by atoms with Crippen molar-refractivity contribution in [1.82, 2.24) is 20.0 Å². The molecular weight excluding hydrogens is 236 g/mol. The molecule has 106 valence electrons. The molecule has 1 atom stereocenters. The average Bonchev–Trinajstić information content (AvgIpc) is 3.01. The molecule has 19 heavy (non-hydrogen) atoms. The molecule has 4 heteroatoms. The van der Waals surface area contributed by atoms with Crippen LogP contribution in [0.5, 0.6) is 0 Å². The van der Waals surface area contributed by atoms with Crippen LogP contribution in [-0.2, 0) is 13.1 Å². The smallest absolute Gasteiger partial charge is 0.0597 e. The van der Waals surface area contributed by atoms with Gasteiger partial charge < -0.3 is 5.32 Å². The average molecular weight is 262 g/mol. The predicted octanol–water partition coefficient (Wildman–Crippen LogP) is 1.93. The first-order valence-electron chi connectivity index (χ1n) is 7.77. The molecule has 1 N–H and O–H groups in total. The van der Waals surface area contributed by atoms with Crippen LogP contribution >= 0.6 is 0 Å². The van der Waals surface area contributed by atoms with Crippen molar-refractivity contribution >= 4 is 0 Å². The first-order chi connectivity index (χ1) is 9.26. The van der Waals surface area contributed by atoms with Crippen LogP contribution in [-0.4, -0.2) is 39.9 Å². The lowest BCUT2D eigenvalue weighted by atomic mass is 10.2. The van der Waals surface area contributed by atoms with Crippen LogP contribution < -0.4 is 5.32 Å². The van der Waals surface area contributed by atoms with Crippen LogP contribution in [0.25, 0.3) is 0 Å². The van der Waals surface area contributed by atoms with E-state index in [1.54, 1.807) is 0 Å². The fourth-order valence-corrected chi connectivity index (χ4v) is 3.19. The SMILES string of the molecule is CCn1nc(C)cc1CN(CC1CCCN1)C1CC1. The molecule has 3 rings (SSSR count). The van der Waals surface area contributed by atoms with E-state index in [2.05, 4.69) is 39.9 Å². The van der Waals surface area contributed by atoms with E-state index in [4.69, 9.17) is 0 Å². The first-order valence-corrected chi connectivity index (χ1v) is 7.77. The van der Waals surface area contributed by atoms with E-state index >= 15 is 0 Å². The van der Waals surface area contributed by atoms with Crippen molar-refractivity contribution < 1.29 is 0 Å². The highest BCUT2D eigenvalue weighted by molar-refractivity contribution is 5.09. The van der Waals surface area contributed by atoms with E-state index in [9.17, 15) is 0 Å². The van der Waals surface area contributed by atoms with Gasteiger partial charge in [-0.15, -0.1) is 0 Å². The molecule has 1 unspecified atom stereocenters. The third kappa shape index (κ3) is 3.18. The van der Waals surface area contributed by atoms with Gasteiger partial charge in [-0.2, -0.15) is 5.10 Å². The summed E-state index contributed by atoms with van der Waals surface area (Å²) < 4.78 is 2.16. The van der Waals surface area contributed by atoms with Crippen LogP contribution in [0.2, 0.25) is 0 Å². The largest absolute Gasteiger partial charge is 0.313 e. The van der Waals surface area contributed by atoms with E-state index in [1.807, 2.05) is 0 Å². The van der Waals surface area contributed by atoms with Gasteiger partial charge in [-0.05, 0) is 52.1 Å². The van der Waals surface area contributed by atoms with Gasteiger partial charge in [0.25, 0.3) is 0 Å². The van der Waals surface area contributed by atoms with Crippen molar-refractivity contribution in [2.45, 2.75) is 64.7 Å².